The SMILES string of the molecule is O=C(O)c1cc([N+](=O)[O-])cnc1Oc1ccccc1F. The van der Waals surface area contributed by atoms with E-state index in [4.69, 9.17) is 9.84 Å². The molecule has 1 aromatic heterocycles. The number of benzene rings is 1. The Bertz CT molecular complexity index is 689. The Kier molecular flexibility index (Phi) is 3.56. The summed E-state index contributed by atoms with van der Waals surface area (Å²) in [4.78, 5) is 24.4. The van der Waals surface area contributed by atoms with E-state index in [2.05, 4.69) is 4.98 Å². The lowest BCUT2D eigenvalue weighted by atomic mass is 10.2. The molecule has 8 heteroatoms. The summed E-state index contributed by atoms with van der Waals surface area (Å²) >= 11 is 0. The van der Waals surface area contributed by atoms with E-state index in [0.29, 0.717) is 0 Å². The molecule has 7 nitrogen and oxygen atoms in total. The van der Waals surface area contributed by atoms with E-state index in [1.165, 1.54) is 18.2 Å². The number of aromatic carboxylic acids is 1. The number of hydrogen-bond acceptors (Lipinski definition) is 5. The smallest absolute Gasteiger partial charge is 0.341 e. The third kappa shape index (κ3) is 2.69. The minimum Gasteiger partial charge on any atom is -0.477 e. The van der Waals surface area contributed by atoms with Gasteiger partial charge >= 0.3 is 5.97 Å². The number of nitro groups is 1. The highest BCUT2D eigenvalue weighted by atomic mass is 19.1. The van der Waals surface area contributed by atoms with E-state index in [-0.39, 0.29) is 5.75 Å². The van der Waals surface area contributed by atoms with Crippen molar-refractivity contribution in [3.8, 4) is 11.6 Å². The molecule has 0 aliphatic carbocycles. The number of rotatable bonds is 4. The number of pyridine rings is 1. The minimum atomic E-state index is -1.47. The summed E-state index contributed by atoms with van der Waals surface area (Å²) in [5.74, 6) is -2.82. The molecule has 1 N–H and O–H groups in total. The van der Waals surface area contributed by atoms with E-state index < -0.39 is 33.8 Å². The lowest BCUT2D eigenvalue weighted by Gasteiger charge is -2.07. The van der Waals surface area contributed by atoms with Crippen LogP contribution in [0.25, 0.3) is 0 Å². The molecule has 0 aliphatic rings. The molecule has 0 bridgehead atoms. The fourth-order valence-electron chi connectivity index (χ4n) is 1.41. The Morgan fingerprint density at radius 2 is 2.10 bits per heavy atom. The van der Waals surface area contributed by atoms with Crippen LogP contribution in [-0.2, 0) is 0 Å². The van der Waals surface area contributed by atoms with Crippen LogP contribution in [0, 0.1) is 15.9 Å². The highest BCUT2D eigenvalue weighted by Crippen LogP contribution is 2.27. The van der Waals surface area contributed by atoms with Crippen LogP contribution in [0.2, 0.25) is 0 Å². The molecule has 0 radical (unpaired) electrons. The number of ether oxygens (including phenoxy) is 1. The topological polar surface area (TPSA) is 103 Å². The molecule has 2 aromatic rings. The molecule has 0 aliphatic heterocycles. The van der Waals surface area contributed by atoms with Gasteiger partial charge in [-0.1, -0.05) is 12.1 Å². The number of halogens is 1. The minimum absolute atomic E-state index is 0.226. The Morgan fingerprint density at radius 1 is 1.40 bits per heavy atom. The highest BCUT2D eigenvalue weighted by molar-refractivity contribution is 5.91. The highest BCUT2D eigenvalue weighted by Gasteiger charge is 2.20. The summed E-state index contributed by atoms with van der Waals surface area (Å²) in [7, 11) is 0. The van der Waals surface area contributed by atoms with Crippen molar-refractivity contribution >= 4 is 11.7 Å². The van der Waals surface area contributed by atoms with Gasteiger partial charge in [0.25, 0.3) is 5.69 Å². The molecule has 1 aromatic carbocycles. The predicted octanol–water partition coefficient (Wildman–Crippen LogP) is 2.62. The molecular formula is C12H7FN2O5. The van der Waals surface area contributed by atoms with Gasteiger partial charge in [-0.05, 0) is 12.1 Å². The molecule has 102 valence electrons. The number of carboxylic acids is 1. The van der Waals surface area contributed by atoms with Crippen molar-refractivity contribution in [3.05, 3.63) is 58.0 Å². The second-order valence-corrected chi connectivity index (χ2v) is 3.64. The maximum atomic E-state index is 13.4. The number of hydrogen-bond donors (Lipinski definition) is 1. The van der Waals surface area contributed by atoms with Crippen LogP contribution >= 0.6 is 0 Å². The summed E-state index contributed by atoms with van der Waals surface area (Å²) in [5.41, 5.74) is -1.02. The van der Waals surface area contributed by atoms with E-state index in [1.807, 2.05) is 0 Å². The molecule has 2 rings (SSSR count). The van der Waals surface area contributed by atoms with Crippen LogP contribution in [0.3, 0.4) is 0 Å². The van der Waals surface area contributed by atoms with Crippen LogP contribution in [0.15, 0.2) is 36.5 Å². The predicted molar refractivity (Wildman–Crippen MR) is 64.3 cm³/mol. The first-order valence-electron chi connectivity index (χ1n) is 5.29. The average Bonchev–Trinajstić information content (AvgIpc) is 2.41. The first kappa shape index (κ1) is 13.4. The summed E-state index contributed by atoms with van der Waals surface area (Å²) < 4.78 is 18.5. The number of para-hydroxylation sites is 1. The third-order valence-corrected chi connectivity index (χ3v) is 2.32. The fraction of sp³-hybridized carbons (Fsp3) is 0. The largest absolute Gasteiger partial charge is 0.477 e. The van der Waals surface area contributed by atoms with Crippen molar-refractivity contribution in [1.82, 2.24) is 4.98 Å². The quantitative estimate of drug-likeness (QED) is 0.681. The van der Waals surface area contributed by atoms with Gasteiger partial charge in [-0.25, -0.2) is 14.2 Å². The first-order chi connectivity index (χ1) is 9.49. The monoisotopic (exact) mass is 278 g/mol. The van der Waals surface area contributed by atoms with E-state index in [0.717, 1.165) is 18.3 Å². The van der Waals surface area contributed by atoms with Gasteiger partial charge < -0.3 is 9.84 Å². The molecule has 0 spiro atoms. The zero-order chi connectivity index (χ0) is 14.7. The molecule has 20 heavy (non-hydrogen) atoms. The van der Waals surface area contributed by atoms with Crippen LogP contribution < -0.4 is 4.74 Å². The second kappa shape index (κ2) is 5.31. The number of carbonyl (C=O) groups is 1. The Labute approximate surface area is 111 Å². The summed E-state index contributed by atoms with van der Waals surface area (Å²) in [6, 6.07) is 6.13. The lowest BCUT2D eigenvalue weighted by Crippen LogP contribution is -2.04. The molecule has 0 amide bonds. The molecule has 1 heterocycles. The Hall–Kier alpha value is -3.03. The summed E-state index contributed by atoms with van der Waals surface area (Å²) in [6.45, 7) is 0. The number of nitrogens with zero attached hydrogens (tertiary/aromatic N) is 2. The maximum absolute atomic E-state index is 13.4. The van der Waals surface area contributed by atoms with Crippen LogP contribution in [-0.4, -0.2) is 21.0 Å². The van der Waals surface area contributed by atoms with Gasteiger partial charge in [-0.2, -0.15) is 0 Å². The normalized spacial score (nSPS) is 10.1. The summed E-state index contributed by atoms with van der Waals surface area (Å²) in [5, 5.41) is 19.6. The zero-order valence-electron chi connectivity index (χ0n) is 9.82. The Balaban J connectivity index is 2.44. The van der Waals surface area contributed by atoms with Gasteiger partial charge in [0, 0.05) is 6.07 Å². The van der Waals surface area contributed by atoms with E-state index in [9.17, 15) is 19.3 Å². The van der Waals surface area contributed by atoms with Crippen LogP contribution in [0.1, 0.15) is 10.4 Å². The fourth-order valence-corrected chi connectivity index (χ4v) is 1.41. The average molecular weight is 278 g/mol. The first-order valence-corrected chi connectivity index (χ1v) is 5.29. The molecule has 0 saturated heterocycles. The van der Waals surface area contributed by atoms with E-state index in [1.54, 1.807) is 0 Å². The van der Waals surface area contributed by atoms with Crippen molar-refractivity contribution in [1.29, 1.82) is 0 Å². The Morgan fingerprint density at radius 3 is 2.70 bits per heavy atom. The van der Waals surface area contributed by atoms with Crippen molar-refractivity contribution in [3.63, 3.8) is 0 Å². The molecule has 0 unspecified atom stereocenters. The maximum Gasteiger partial charge on any atom is 0.341 e. The summed E-state index contributed by atoms with van der Waals surface area (Å²) in [6.07, 6.45) is 0.836. The standard InChI is InChI=1S/C12H7FN2O5/c13-9-3-1-2-4-10(9)20-11-8(12(16)17)5-7(6-14-11)15(18)19/h1-6H,(H,16,17). The van der Waals surface area contributed by atoms with Crippen molar-refractivity contribution in [2.24, 2.45) is 0 Å². The third-order valence-electron chi connectivity index (χ3n) is 2.32. The molecule has 0 fully saturated rings. The lowest BCUT2D eigenvalue weighted by molar-refractivity contribution is -0.385. The van der Waals surface area contributed by atoms with E-state index >= 15 is 0 Å². The number of carboxylic acid groups (broad SMARTS) is 1. The van der Waals surface area contributed by atoms with Gasteiger partial charge in [0.05, 0.1) is 4.92 Å². The van der Waals surface area contributed by atoms with Gasteiger partial charge in [-0.3, -0.25) is 10.1 Å². The van der Waals surface area contributed by atoms with Crippen molar-refractivity contribution in [2.45, 2.75) is 0 Å². The molecule has 0 saturated carbocycles. The molecular weight excluding hydrogens is 271 g/mol. The van der Waals surface area contributed by atoms with Gasteiger partial charge in [0.15, 0.2) is 11.6 Å². The zero-order valence-corrected chi connectivity index (χ0v) is 9.82. The van der Waals surface area contributed by atoms with Crippen molar-refractivity contribution in [2.75, 3.05) is 0 Å². The molecule has 0 atom stereocenters. The van der Waals surface area contributed by atoms with Crippen LogP contribution in [0.4, 0.5) is 10.1 Å². The van der Waals surface area contributed by atoms with Gasteiger partial charge in [-0.15, -0.1) is 0 Å². The van der Waals surface area contributed by atoms with Gasteiger partial charge in [0.2, 0.25) is 5.88 Å². The second-order valence-electron chi connectivity index (χ2n) is 3.64. The number of aromatic nitrogens is 1. The van der Waals surface area contributed by atoms with Crippen LogP contribution in [0.5, 0.6) is 11.6 Å². The van der Waals surface area contributed by atoms with Crippen molar-refractivity contribution < 1.29 is 24.0 Å². The van der Waals surface area contributed by atoms with Gasteiger partial charge in [0.1, 0.15) is 11.8 Å².